The van der Waals surface area contributed by atoms with Gasteiger partial charge in [-0.3, -0.25) is 9.11 Å². The molecule has 144 valence electrons. The highest BCUT2D eigenvalue weighted by Crippen LogP contribution is 2.55. The van der Waals surface area contributed by atoms with Crippen molar-refractivity contribution in [2.75, 3.05) is 6.61 Å². The number of nitrogens with one attached hydrogen (secondary N) is 1. The molecule has 0 bridgehead atoms. The molecule has 1 heterocycles. The van der Waals surface area contributed by atoms with Gasteiger partial charge in [0.25, 0.3) is 0 Å². The Bertz CT molecular complexity index is 841. The molecule has 9 heteroatoms. The largest absolute Gasteiger partial charge is 0.493 e. The zero-order chi connectivity index (χ0) is 19.4. The second kappa shape index (κ2) is 7.87. The Morgan fingerprint density at radius 3 is 2.63 bits per heavy atom. The molecular weight excluding hydrogens is 374 g/mol. The number of carbonyl (C=O) groups is 2. The molecule has 0 aliphatic carbocycles. The first-order valence-corrected chi connectivity index (χ1v) is 9.73. The van der Waals surface area contributed by atoms with E-state index in [0.29, 0.717) is 5.56 Å². The number of benzene rings is 2. The minimum absolute atomic E-state index is 0.00543. The third-order valence-electron chi connectivity index (χ3n) is 4.09. The maximum Gasteiger partial charge on any atom is 0.425 e. The van der Waals surface area contributed by atoms with Gasteiger partial charge in [0.2, 0.25) is 0 Å². The first-order chi connectivity index (χ1) is 12.9. The molecule has 1 aliphatic rings. The van der Waals surface area contributed by atoms with Gasteiger partial charge in [-0.25, -0.2) is 14.3 Å². The maximum absolute atomic E-state index is 12.0. The van der Waals surface area contributed by atoms with Crippen LogP contribution in [-0.2, 0) is 11.3 Å². The van der Waals surface area contributed by atoms with Crippen LogP contribution in [0, 0.1) is 0 Å². The van der Waals surface area contributed by atoms with E-state index >= 15 is 0 Å². The number of hydrogen-bond acceptors (Lipinski definition) is 6. The van der Waals surface area contributed by atoms with Gasteiger partial charge in [0, 0.05) is 12.0 Å². The van der Waals surface area contributed by atoms with E-state index < -0.39 is 28.1 Å². The molecule has 2 aromatic rings. The Labute approximate surface area is 157 Å². The minimum atomic E-state index is -3.59. The highest BCUT2D eigenvalue weighted by Gasteiger charge is 2.35. The fourth-order valence-electron chi connectivity index (χ4n) is 2.78. The van der Waals surface area contributed by atoms with Crippen molar-refractivity contribution in [1.29, 1.82) is 0 Å². The summed E-state index contributed by atoms with van der Waals surface area (Å²) in [5.41, 5.74) is 1.22. The van der Waals surface area contributed by atoms with Gasteiger partial charge in [-0.2, -0.15) is 0 Å². The third kappa shape index (κ3) is 4.51. The number of amides is 1. The highest BCUT2D eigenvalue weighted by molar-refractivity contribution is 8.23. The lowest BCUT2D eigenvalue weighted by Gasteiger charge is -2.42. The van der Waals surface area contributed by atoms with E-state index in [2.05, 4.69) is 4.72 Å². The number of fused-ring (bicyclic) bond motifs is 1. The van der Waals surface area contributed by atoms with Crippen LogP contribution >= 0.6 is 10.8 Å². The minimum Gasteiger partial charge on any atom is -0.493 e. The molecule has 27 heavy (non-hydrogen) atoms. The molecule has 3 rings (SSSR count). The van der Waals surface area contributed by atoms with Crippen LogP contribution in [0.5, 0.6) is 5.75 Å². The Kier molecular flexibility index (Phi) is 5.54. The summed E-state index contributed by atoms with van der Waals surface area (Å²) in [6, 6.07) is 13.1. The van der Waals surface area contributed by atoms with Crippen molar-refractivity contribution in [3.05, 3.63) is 65.2 Å². The number of aromatic carboxylic acids is 1. The Balaban J connectivity index is 1.70. The van der Waals surface area contributed by atoms with E-state index in [4.69, 9.17) is 14.6 Å². The van der Waals surface area contributed by atoms with Crippen molar-refractivity contribution in [1.82, 2.24) is 4.72 Å². The number of rotatable bonds is 5. The molecule has 8 nitrogen and oxygen atoms in total. The molecule has 0 saturated heterocycles. The molecule has 0 spiro atoms. The molecule has 1 unspecified atom stereocenters. The van der Waals surface area contributed by atoms with Gasteiger partial charge in [-0.05, 0) is 17.7 Å². The first-order valence-electron chi connectivity index (χ1n) is 8.12. The standard InChI is InChI=1S/C18H19NO7S/c20-17(21)13-6-7-14-15(10-13)25-9-8-16(14)27(23,24)19-18(22)26-11-12-4-2-1-3-5-12/h1-7,10,16,23-24H,8-9,11H2,(H,19,22)(H,20,21). The predicted molar refractivity (Wildman–Crippen MR) is 98.9 cm³/mol. The number of ether oxygens (including phenoxy) is 2. The quantitative estimate of drug-likeness (QED) is 0.609. The second-order valence-electron chi connectivity index (χ2n) is 5.94. The van der Waals surface area contributed by atoms with Gasteiger partial charge in [-0.1, -0.05) is 36.4 Å². The fraction of sp³-hybridized carbons (Fsp3) is 0.222. The number of carboxylic acid groups (broad SMARTS) is 1. The zero-order valence-corrected chi connectivity index (χ0v) is 15.0. The molecular formula is C18H19NO7S. The average Bonchev–Trinajstić information content (AvgIpc) is 2.66. The van der Waals surface area contributed by atoms with E-state index in [1.54, 1.807) is 24.3 Å². The Morgan fingerprint density at radius 1 is 1.19 bits per heavy atom. The number of carbonyl (C=O) groups excluding carboxylic acids is 1. The third-order valence-corrected chi connectivity index (χ3v) is 5.84. The number of carboxylic acids is 1. The summed E-state index contributed by atoms with van der Waals surface area (Å²) in [7, 11) is -3.59. The zero-order valence-electron chi connectivity index (χ0n) is 14.2. The smallest absolute Gasteiger partial charge is 0.425 e. The van der Waals surface area contributed by atoms with Crippen molar-refractivity contribution in [2.45, 2.75) is 18.3 Å². The van der Waals surface area contributed by atoms with Crippen LogP contribution in [0.15, 0.2) is 48.5 Å². The van der Waals surface area contributed by atoms with Crippen LogP contribution in [0.25, 0.3) is 0 Å². The van der Waals surface area contributed by atoms with Crippen molar-refractivity contribution >= 4 is 22.8 Å². The van der Waals surface area contributed by atoms with Crippen molar-refractivity contribution in [3.8, 4) is 5.75 Å². The van der Waals surface area contributed by atoms with Gasteiger partial charge in [0.05, 0.1) is 12.2 Å². The van der Waals surface area contributed by atoms with Crippen LogP contribution in [-0.4, -0.2) is 32.9 Å². The summed E-state index contributed by atoms with van der Waals surface area (Å²) in [5.74, 6) is -0.858. The lowest BCUT2D eigenvalue weighted by atomic mass is 10.0. The van der Waals surface area contributed by atoms with E-state index in [9.17, 15) is 18.7 Å². The van der Waals surface area contributed by atoms with Gasteiger partial charge in [0.1, 0.15) is 17.6 Å². The van der Waals surface area contributed by atoms with Crippen molar-refractivity contribution in [2.24, 2.45) is 0 Å². The van der Waals surface area contributed by atoms with Gasteiger partial charge < -0.3 is 14.6 Å². The van der Waals surface area contributed by atoms with Crippen LogP contribution in [0.4, 0.5) is 4.79 Å². The molecule has 1 amide bonds. The lowest BCUT2D eigenvalue weighted by Crippen LogP contribution is -2.33. The normalized spacial score (nSPS) is 16.6. The van der Waals surface area contributed by atoms with Crippen LogP contribution in [0.3, 0.4) is 0 Å². The van der Waals surface area contributed by atoms with Gasteiger partial charge in [0.15, 0.2) is 0 Å². The summed E-state index contributed by atoms with van der Waals surface area (Å²) in [5, 5.41) is 8.24. The van der Waals surface area contributed by atoms with Crippen LogP contribution in [0.2, 0.25) is 0 Å². The van der Waals surface area contributed by atoms with Crippen molar-refractivity contribution < 1.29 is 33.3 Å². The Hall–Kier alpha value is -2.75. The topological polar surface area (TPSA) is 125 Å². The summed E-state index contributed by atoms with van der Waals surface area (Å²) in [6.07, 6.45) is -0.699. The summed E-state index contributed by atoms with van der Waals surface area (Å²) in [6.45, 7) is 0.159. The highest BCUT2D eigenvalue weighted by atomic mass is 32.3. The molecule has 4 N–H and O–H groups in total. The van der Waals surface area contributed by atoms with Crippen molar-refractivity contribution in [3.63, 3.8) is 0 Å². The summed E-state index contributed by atoms with van der Waals surface area (Å²) >= 11 is 0. The monoisotopic (exact) mass is 393 g/mol. The Morgan fingerprint density at radius 2 is 1.93 bits per heavy atom. The predicted octanol–water partition coefficient (Wildman–Crippen LogP) is 3.80. The fourth-order valence-corrected chi connectivity index (χ4v) is 4.20. The van der Waals surface area contributed by atoms with Crippen LogP contribution in [0.1, 0.15) is 33.2 Å². The molecule has 2 aromatic carbocycles. The summed E-state index contributed by atoms with van der Waals surface area (Å²) < 4.78 is 33.6. The van der Waals surface area contributed by atoms with E-state index in [1.807, 2.05) is 6.07 Å². The SMILES string of the molecule is O=C(NS(O)(O)C1CCOc2cc(C(=O)O)ccc21)OCc1ccccc1. The maximum atomic E-state index is 12.0. The molecule has 1 aliphatic heterocycles. The molecule has 0 radical (unpaired) electrons. The summed E-state index contributed by atoms with van der Waals surface area (Å²) in [4.78, 5) is 23.1. The van der Waals surface area contributed by atoms with E-state index in [-0.39, 0.29) is 30.9 Å². The molecule has 0 fully saturated rings. The molecule has 1 atom stereocenters. The van der Waals surface area contributed by atoms with Crippen LogP contribution < -0.4 is 9.46 Å². The average molecular weight is 393 g/mol. The first kappa shape index (κ1) is 19.0. The number of hydrogen-bond donors (Lipinski definition) is 4. The van der Waals surface area contributed by atoms with Gasteiger partial charge >= 0.3 is 12.1 Å². The van der Waals surface area contributed by atoms with E-state index in [1.165, 1.54) is 18.2 Å². The molecule has 0 saturated carbocycles. The second-order valence-corrected chi connectivity index (χ2v) is 7.90. The van der Waals surface area contributed by atoms with E-state index in [0.717, 1.165) is 5.56 Å². The lowest BCUT2D eigenvalue weighted by molar-refractivity contribution is 0.0696. The van der Waals surface area contributed by atoms with Gasteiger partial charge in [-0.15, -0.1) is 10.8 Å². The molecule has 0 aromatic heterocycles.